The molecule has 0 fully saturated rings. The van der Waals surface area contributed by atoms with Gasteiger partial charge in [0.2, 0.25) is 0 Å². The fourth-order valence-electron chi connectivity index (χ4n) is 2.00. The van der Waals surface area contributed by atoms with E-state index in [-0.39, 0.29) is 12.5 Å². The van der Waals surface area contributed by atoms with Gasteiger partial charge in [-0.15, -0.1) is 0 Å². The van der Waals surface area contributed by atoms with E-state index in [4.69, 9.17) is 16.7 Å². The first kappa shape index (κ1) is 20.1. The molecule has 1 aromatic rings. The highest BCUT2D eigenvalue weighted by atomic mass is 35.5. The Morgan fingerprint density at radius 3 is 2.42 bits per heavy atom. The van der Waals surface area contributed by atoms with Gasteiger partial charge in [-0.1, -0.05) is 30.7 Å². The summed E-state index contributed by atoms with van der Waals surface area (Å²) in [5, 5.41) is 21.7. The molecule has 0 radical (unpaired) electrons. The molecule has 0 bridgehead atoms. The fourth-order valence-corrected chi connectivity index (χ4v) is 2.12. The average molecular weight is 355 g/mol. The number of rotatable bonds is 11. The van der Waals surface area contributed by atoms with E-state index in [9.17, 15) is 4.79 Å². The molecule has 0 unspecified atom stereocenters. The van der Waals surface area contributed by atoms with Crippen molar-refractivity contribution in [2.75, 3.05) is 26.7 Å². The highest BCUT2D eigenvalue weighted by molar-refractivity contribution is 6.30. The van der Waals surface area contributed by atoms with E-state index < -0.39 is 0 Å². The third-order valence-electron chi connectivity index (χ3n) is 3.28. The van der Waals surface area contributed by atoms with Crippen LogP contribution in [0, 0.1) is 0 Å². The van der Waals surface area contributed by atoms with E-state index in [0.717, 1.165) is 18.5 Å². The Balaban J connectivity index is 2.83. The molecular weight excluding hydrogens is 328 g/mol. The van der Waals surface area contributed by atoms with Gasteiger partial charge in [-0.2, -0.15) is 0 Å². The Labute approximate surface area is 148 Å². The first-order valence-electron chi connectivity index (χ1n) is 8.15. The highest BCUT2D eigenvalue weighted by Gasteiger charge is 2.14. The van der Waals surface area contributed by atoms with Crippen molar-refractivity contribution in [1.29, 1.82) is 0 Å². The zero-order valence-electron chi connectivity index (χ0n) is 14.3. The minimum absolute atomic E-state index is 0.0461. The van der Waals surface area contributed by atoms with Crippen LogP contribution in [0.1, 0.15) is 25.3 Å². The molecule has 0 heterocycles. The van der Waals surface area contributed by atoms with Crippen molar-refractivity contribution in [2.24, 2.45) is 0 Å². The molecule has 0 aromatic heterocycles. The minimum Gasteiger partial charge on any atom is -0.396 e. The predicted octanol–water partition coefficient (Wildman–Crippen LogP) is 1.32. The number of aliphatic hydroxyl groups excluding tert-OH is 1. The molecule has 0 saturated heterocycles. The molecule has 134 valence electrons. The smallest absolute Gasteiger partial charge is 0.271 e. The van der Waals surface area contributed by atoms with Crippen molar-refractivity contribution in [3.63, 3.8) is 0 Å². The van der Waals surface area contributed by atoms with Gasteiger partial charge in [0.05, 0.1) is 0 Å². The third kappa shape index (κ3) is 7.10. The number of hydrogen-bond acceptors (Lipinski definition) is 5. The van der Waals surface area contributed by atoms with Crippen molar-refractivity contribution in [2.45, 2.75) is 26.3 Å². The van der Waals surface area contributed by atoms with Gasteiger partial charge in [0.25, 0.3) is 5.91 Å². The zero-order valence-corrected chi connectivity index (χ0v) is 15.0. The summed E-state index contributed by atoms with van der Waals surface area (Å²) in [6.07, 6.45) is 1.47. The van der Waals surface area contributed by atoms with Gasteiger partial charge in [0, 0.05) is 38.3 Å². The van der Waals surface area contributed by atoms with Crippen molar-refractivity contribution >= 4 is 17.5 Å². The van der Waals surface area contributed by atoms with E-state index in [1.165, 1.54) is 0 Å². The number of amides is 1. The normalized spacial score (nSPS) is 11.5. The summed E-state index contributed by atoms with van der Waals surface area (Å²) in [6.45, 7) is 3.78. The number of halogens is 1. The van der Waals surface area contributed by atoms with Crippen LogP contribution in [0.3, 0.4) is 0 Å². The molecule has 0 aliphatic heterocycles. The molecule has 1 rings (SSSR count). The van der Waals surface area contributed by atoms with Gasteiger partial charge in [0.15, 0.2) is 0 Å². The lowest BCUT2D eigenvalue weighted by Crippen LogP contribution is -2.39. The molecule has 0 aliphatic rings. The summed E-state index contributed by atoms with van der Waals surface area (Å²) in [5.41, 5.74) is 1.46. The fraction of sp³-hybridized carbons (Fsp3) is 0.471. The van der Waals surface area contributed by atoms with Crippen LogP contribution >= 0.6 is 11.6 Å². The number of hydrogen-bond donors (Lipinski definition) is 5. The second-order valence-electron chi connectivity index (χ2n) is 5.24. The molecule has 5 N–H and O–H groups in total. The van der Waals surface area contributed by atoms with E-state index in [2.05, 4.69) is 28.2 Å². The molecule has 7 heteroatoms. The largest absolute Gasteiger partial charge is 0.396 e. The summed E-state index contributed by atoms with van der Waals surface area (Å²) >= 11 is 5.89. The number of benzene rings is 1. The quantitative estimate of drug-likeness (QED) is 0.306. The maximum Gasteiger partial charge on any atom is 0.271 e. The second kappa shape index (κ2) is 11.6. The molecule has 0 spiro atoms. The molecule has 1 aromatic carbocycles. The topological polar surface area (TPSA) is 85.4 Å². The lowest BCUT2D eigenvalue weighted by molar-refractivity contribution is -0.118. The van der Waals surface area contributed by atoms with Crippen molar-refractivity contribution in [3.05, 3.63) is 46.4 Å². The zero-order chi connectivity index (χ0) is 17.8. The van der Waals surface area contributed by atoms with Gasteiger partial charge < -0.3 is 26.4 Å². The maximum atomic E-state index is 12.4. The third-order valence-corrected chi connectivity index (χ3v) is 3.53. The van der Waals surface area contributed by atoms with Crippen LogP contribution in [0.15, 0.2) is 35.8 Å². The maximum absolute atomic E-state index is 12.4. The molecule has 0 atom stereocenters. The van der Waals surface area contributed by atoms with E-state index in [0.29, 0.717) is 36.1 Å². The van der Waals surface area contributed by atoms with Crippen LogP contribution in [-0.4, -0.2) is 37.8 Å². The minimum atomic E-state index is -0.217. The Morgan fingerprint density at radius 1 is 1.12 bits per heavy atom. The van der Waals surface area contributed by atoms with Crippen LogP contribution in [0.2, 0.25) is 5.02 Å². The number of carbonyl (C=O) groups excluding carboxylic acids is 1. The SMILES string of the molecule is CCCN/C(NC)=C(/NCc1ccc(Cl)cc1)C(=O)NCCCO. The average Bonchev–Trinajstić information content (AvgIpc) is 2.59. The molecule has 0 saturated carbocycles. The predicted molar refractivity (Wildman–Crippen MR) is 97.4 cm³/mol. The highest BCUT2D eigenvalue weighted by Crippen LogP contribution is 2.10. The Kier molecular flexibility index (Phi) is 9.72. The van der Waals surface area contributed by atoms with Gasteiger partial charge in [-0.3, -0.25) is 4.79 Å². The van der Waals surface area contributed by atoms with E-state index >= 15 is 0 Å². The van der Waals surface area contributed by atoms with Crippen molar-refractivity contribution in [1.82, 2.24) is 21.3 Å². The summed E-state index contributed by atoms with van der Waals surface area (Å²) in [5.74, 6) is 0.428. The molecular formula is C17H27ClN4O2. The Hall–Kier alpha value is -1.92. The molecule has 1 amide bonds. The Morgan fingerprint density at radius 2 is 1.83 bits per heavy atom. The summed E-state index contributed by atoms with van der Waals surface area (Å²) in [6, 6.07) is 7.46. The number of aliphatic hydroxyl groups is 1. The first-order chi connectivity index (χ1) is 11.6. The standard InChI is InChI=1S/C17H27ClN4O2/c1-3-9-20-16(19-2)15(17(24)21-10-4-11-23)22-12-13-5-7-14(18)8-6-13/h5-8,19-20,22-23H,3-4,9-12H2,1-2H3,(H,21,24)/b16-15+. The van der Waals surface area contributed by atoms with E-state index in [1.54, 1.807) is 7.05 Å². The molecule has 6 nitrogen and oxygen atoms in total. The second-order valence-corrected chi connectivity index (χ2v) is 5.68. The lowest BCUT2D eigenvalue weighted by Gasteiger charge is -2.18. The number of carbonyl (C=O) groups is 1. The molecule has 0 aliphatic carbocycles. The lowest BCUT2D eigenvalue weighted by atomic mass is 10.2. The summed E-state index contributed by atoms with van der Waals surface area (Å²) in [4.78, 5) is 12.4. The molecule has 24 heavy (non-hydrogen) atoms. The van der Waals surface area contributed by atoms with Crippen molar-refractivity contribution in [3.8, 4) is 0 Å². The van der Waals surface area contributed by atoms with Crippen LogP contribution in [-0.2, 0) is 11.3 Å². The van der Waals surface area contributed by atoms with Crippen LogP contribution in [0.5, 0.6) is 0 Å². The summed E-state index contributed by atoms with van der Waals surface area (Å²) < 4.78 is 0. The van der Waals surface area contributed by atoms with Gasteiger partial charge in [-0.25, -0.2) is 0 Å². The monoisotopic (exact) mass is 354 g/mol. The Bertz CT molecular complexity index is 532. The van der Waals surface area contributed by atoms with Crippen LogP contribution in [0.25, 0.3) is 0 Å². The first-order valence-corrected chi connectivity index (χ1v) is 8.53. The van der Waals surface area contributed by atoms with Gasteiger partial charge in [0.1, 0.15) is 11.5 Å². The van der Waals surface area contributed by atoms with Crippen molar-refractivity contribution < 1.29 is 9.90 Å². The summed E-state index contributed by atoms with van der Waals surface area (Å²) in [7, 11) is 1.77. The van der Waals surface area contributed by atoms with Gasteiger partial charge in [-0.05, 0) is 30.5 Å². The number of nitrogens with one attached hydrogen (secondary N) is 4. The van der Waals surface area contributed by atoms with Gasteiger partial charge >= 0.3 is 0 Å². The van der Waals surface area contributed by atoms with E-state index in [1.807, 2.05) is 24.3 Å². The van der Waals surface area contributed by atoms with Crippen LogP contribution in [0.4, 0.5) is 0 Å². The van der Waals surface area contributed by atoms with Crippen LogP contribution < -0.4 is 21.3 Å².